The zero-order valence-electron chi connectivity index (χ0n) is 9.62. The van der Waals surface area contributed by atoms with Crippen LogP contribution in [-0.4, -0.2) is 36.7 Å². The van der Waals surface area contributed by atoms with E-state index in [4.69, 9.17) is 4.74 Å². The molecule has 1 rings (SSSR count). The number of hydrogen-bond acceptors (Lipinski definition) is 4. The molecule has 1 saturated heterocycles. The molecule has 15 heavy (non-hydrogen) atoms. The summed E-state index contributed by atoms with van der Waals surface area (Å²) in [5.41, 5.74) is 0. The smallest absolute Gasteiger partial charge is 0.324 e. The van der Waals surface area contributed by atoms with Gasteiger partial charge in [-0.25, -0.2) is 0 Å². The van der Waals surface area contributed by atoms with Crippen molar-refractivity contribution in [2.75, 3.05) is 24.7 Å². The quantitative estimate of drug-likeness (QED) is 0.731. The van der Waals surface area contributed by atoms with Gasteiger partial charge in [0.2, 0.25) is 0 Å². The van der Waals surface area contributed by atoms with Crippen LogP contribution in [0.15, 0.2) is 0 Å². The van der Waals surface area contributed by atoms with Crippen molar-refractivity contribution in [2.24, 2.45) is 5.92 Å². The molecule has 4 heteroatoms. The maximum atomic E-state index is 11.6. The summed E-state index contributed by atoms with van der Waals surface area (Å²) in [6, 6.07) is -0.0856. The van der Waals surface area contributed by atoms with Gasteiger partial charge in [-0.2, -0.15) is 11.8 Å². The molecule has 0 saturated carbocycles. The van der Waals surface area contributed by atoms with Crippen molar-refractivity contribution in [1.29, 1.82) is 0 Å². The summed E-state index contributed by atoms with van der Waals surface area (Å²) in [6.07, 6.45) is 2.27. The molecule has 1 N–H and O–H groups in total. The Bertz CT molecular complexity index is 193. The van der Waals surface area contributed by atoms with E-state index < -0.39 is 0 Å². The Morgan fingerprint density at radius 2 is 2.47 bits per heavy atom. The van der Waals surface area contributed by atoms with E-state index in [1.54, 1.807) is 0 Å². The fourth-order valence-electron chi connectivity index (χ4n) is 1.62. The van der Waals surface area contributed by atoms with Gasteiger partial charge in [-0.3, -0.25) is 4.79 Å². The SMILES string of the molecule is CCCC(C)COC(=O)C1CSCCN1. The Labute approximate surface area is 96.3 Å². The fourth-order valence-corrected chi connectivity index (χ4v) is 2.54. The van der Waals surface area contributed by atoms with E-state index in [0.29, 0.717) is 12.5 Å². The third kappa shape index (κ3) is 4.89. The van der Waals surface area contributed by atoms with Crippen molar-refractivity contribution in [1.82, 2.24) is 5.32 Å². The van der Waals surface area contributed by atoms with Crippen LogP contribution in [0.5, 0.6) is 0 Å². The normalized spacial score (nSPS) is 23.5. The van der Waals surface area contributed by atoms with E-state index in [1.807, 2.05) is 11.8 Å². The summed E-state index contributed by atoms with van der Waals surface area (Å²) >= 11 is 1.81. The molecule has 0 amide bonds. The lowest BCUT2D eigenvalue weighted by atomic mass is 10.1. The van der Waals surface area contributed by atoms with E-state index in [-0.39, 0.29) is 12.0 Å². The molecule has 0 aliphatic carbocycles. The molecule has 0 spiro atoms. The Hall–Kier alpha value is -0.220. The number of carbonyl (C=O) groups excluding carboxylic acids is 1. The third-order valence-corrected chi connectivity index (χ3v) is 3.56. The summed E-state index contributed by atoms with van der Waals surface area (Å²) in [4.78, 5) is 11.6. The average Bonchev–Trinajstić information content (AvgIpc) is 2.27. The van der Waals surface area contributed by atoms with E-state index in [0.717, 1.165) is 30.9 Å². The summed E-state index contributed by atoms with van der Waals surface area (Å²) in [5, 5.41) is 3.18. The van der Waals surface area contributed by atoms with Crippen molar-refractivity contribution in [3.63, 3.8) is 0 Å². The lowest BCUT2D eigenvalue weighted by Crippen LogP contribution is -2.44. The van der Waals surface area contributed by atoms with Crippen LogP contribution in [0, 0.1) is 5.92 Å². The van der Waals surface area contributed by atoms with Crippen molar-refractivity contribution >= 4 is 17.7 Å². The van der Waals surface area contributed by atoms with Crippen molar-refractivity contribution in [3.05, 3.63) is 0 Å². The number of thioether (sulfide) groups is 1. The second-order valence-corrected chi connectivity index (χ2v) is 5.26. The van der Waals surface area contributed by atoms with E-state index in [9.17, 15) is 4.79 Å². The highest BCUT2D eigenvalue weighted by molar-refractivity contribution is 7.99. The molecule has 2 atom stereocenters. The first-order valence-corrected chi connectivity index (χ1v) is 6.87. The first-order chi connectivity index (χ1) is 7.24. The number of ether oxygens (including phenoxy) is 1. The molecule has 2 unspecified atom stereocenters. The topological polar surface area (TPSA) is 38.3 Å². The summed E-state index contributed by atoms with van der Waals surface area (Å²) in [6.45, 7) is 5.75. The number of hydrogen-bond donors (Lipinski definition) is 1. The predicted molar refractivity (Wildman–Crippen MR) is 64.1 cm³/mol. The molecule has 0 radical (unpaired) electrons. The molecule has 1 aliphatic heterocycles. The monoisotopic (exact) mass is 231 g/mol. The van der Waals surface area contributed by atoms with Crippen LogP contribution in [0.1, 0.15) is 26.7 Å². The largest absolute Gasteiger partial charge is 0.464 e. The van der Waals surface area contributed by atoms with Crippen LogP contribution in [-0.2, 0) is 9.53 Å². The molecule has 88 valence electrons. The van der Waals surface area contributed by atoms with Gasteiger partial charge in [0, 0.05) is 18.1 Å². The van der Waals surface area contributed by atoms with Crippen molar-refractivity contribution < 1.29 is 9.53 Å². The molecular weight excluding hydrogens is 210 g/mol. The molecule has 3 nitrogen and oxygen atoms in total. The minimum atomic E-state index is -0.0856. The second-order valence-electron chi connectivity index (χ2n) is 4.11. The van der Waals surface area contributed by atoms with Gasteiger partial charge in [0.05, 0.1) is 6.61 Å². The Balaban J connectivity index is 2.16. The first kappa shape index (κ1) is 12.8. The molecule has 0 aromatic carbocycles. The Morgan fingerprint density at radius 1 is 1.67 bits per heavy atom. The van der Waals surface area contributed by atoms with Crippen LogP contribution >= 0.6 is 11.8 Å². The Kier molecular flexibility index (Phi) is 6.10. The minimum Gasteiger partial charge on any atom is -0.464 e. The highest BCUT2D eigenvalue weighted by atomic mass is 32.2. The van der Waals surface area contributed by atoms with Gasteiger partial charge < -0.3 is 10.1 Å². The minimum absolute atomic E-state index is 0.0786. The lowest BCUT2D eigenvalue weighted by molar-refractivity contribution is -0.146. The zero-order chi connectivity index (χ0) is 11.1. The van der Waals surface area contributed by atoms with Crippen LogP contribution < -0.4 is 5.32 Å². The van der Waals surface area contributed by atoms with E-state index >= 15 is 0 Å². The van der Waals surface area contributed by atoms with Crippen LogP contribution in [0.4, 0.5) is 0 Å². The molecule has 1 aliphatic rings. The summed E-state index contributed by atoms with van der Waals surface area (Å²) in [7, 11) is 0. The van der Waals surface area contributed by atoms with Gasteiger partial charge >= 0.3 is 5.97 Å². The average molecular weight is 231 g/mol. The molecule has 0 bridgehead atoms. The molecular formula is C11H21NO2S. The number of esters is 1. The van der Waals surface area contributed by atoms with Crippen LogP contribution in [0.3, 0.4) is 0 Å². The zero-order valence-corrected chi connectivity index (χ0v) is 10.4. The summed E-state index contributed by atoms with van der Waals surface area (Å²) in [5.74, 6) is 2.34. The Morgan fingerprint density at radius 3 is 3.07 bits per heavy atom. The van der Waals surface area contributed by atoms with Crippen LogP contribution in [0.2, 0.25) is 0 Å². The first-order valence-electron chi connectivity index (χ1n) is 5.71. The van der Waals surface area contributed by atoms with Gasteiger partial charge in [0.15, 0.2) is 0 Å². The molecule has 1 heterocycles. The lowest BCUT2D eigenvalue weighted by Gasteiger charge is -2.22. The van der Waals surface area contributed by atoms with E-state index in [1.165, 1.54) is 0 Å². The van der Waals surface area contributed by atoms with E-state index in [2.05, 4.69) is 19.2 Å². The maximum Gasteiger partial charge on any atom is 0.324 e. The fraction of sp³-hybridized carbons (Fsp3) is 0.909. The number of carbonyl (C=O) groups is 1. The van der Waals surface area contributed by atoms with Gasteiger partial charge in [-0.1, -0.05) is 20.3 Å². The van der Waals surface area contributed by atoms with Crippen LogP contribution in [0.25, 0.3) is 0 Å². The molecule has 0 aromatic heterocycles. The molecule has 0 aromatic rings. The van der Waals surface area contributed by atoms with Gasteiger partial charge in [0.25, 0.3) is 0 Å². The second kappa shape index (κ2) is 7.12. The number of nitrogens with one attached hydrogen (secondary N) is 1. The van der Waals surface area contributed by atoms with Gasteiger partial charge in [-0.15, -0.1) is 0 Å². The van der Waals surface area contributed by atoms with Crippen molar-refractivity contribution in [2.45, 2.75) is 32.7 Å². The highest BCUT2D eigenvalue weighted by Gasteiger charge is 2.22. The number of rotatable bonds is 5. The van der Waals surface area contributed by atoms with Gasteiger partial charge in [-0.05, 0) is 12.3 Å². The standard InChI is InChI=1S/C11H21NO2S/c1-3-4-9(2)7-14-11(13)10-8-15-6-5-12-10/h9-10,12H,3-8H2,1-2H3. The highest BCUT2D eigenvalue weighted by Crippen LogP contribution is 2.10. The maximum absolute atomic E-state index is 11.6. The van der Waals surface area contributed by atoms with Gasteiger partial charge in [0.1, 0.15) is 6.04 Å². The summed E-state index contributed by atoms with van der Waals surface area (Å²) < 4.78 is 5.28. The van der Waals surface area contributed by atoms with Crippen molar-refractivity contribution in [3.8, 4) is 0 Å². The molecule has 1 fully saturated rings. The third-order valence-electron chi connectivity index (χ3n) is 2.50. The predicted octanol–water partition coefficient (Wildman–Crippen LogP) is 1.67.